The van der Waals surface area contributed by atoms with E-state index in [4.69, 9.17) is 0 Å². The zero-order valence-electron chi connectivity index (χ0n) is 12.2. The van der Waals surface area contributed by atoms with Crippen LogP contribution in [0.3, 0.4) is 0 Å². The third-order valence-electron chi connectivity index (χ3n) is 3.59. The van der Waals surface area contributed by atoms with Crippen molar-refractivity contribution in [1.82, 2.24) is 9.88 Å². The van der Waals surface area contributed by atoms with Crippen molar-refractivity contribution in [3.8, 4) is 0 Å². The predicted molar refractivity (Wildman–Crippen MR) is 88.5 cm³/mol. The third-order valence-corrected chi connectivity index (χ3v) is 4.78. The van der Waals surface area contributed by atoms with Gasteiger partial charge in [0.2, 0.25) is 0 Å². The van der Waals surface area contributed by atoms with Gasteiger partial charge in [0, 0.05) is 46.9 Å². The summed E-state index contributed by atoms with van der Waals surface area (Å²) in [7, 11) is 3.97. The number of aromatic nitrogens is 1. The SMILES string of the molecule is CNCC1=CC(=O)CC=C1Sc1cn(C)c2ccccc12. The van der Waals surface area contributed by atoms with Crippen LogP contribution in [0.25, 0.3) is 10.9 Å². The molecule has 0 unspecified atom stereocenters. The molecule has 1 heterocycles. The number of carbonyl (C=O) groups excluding carboxylic acids is 1. The first-order valence-corrected chi connectivity index (χ1v) is 7.81. The summed E-state index contributed by atoms with van der Waals surface area (Å²) in [5.74, 6) is 0.183. The first-order chi connectivity index (χ1) is 10.2. The number of nitrogens with one attached hydrogen (secondary N) is 1. The summed E-state index contributed by atoms with van der Waals surface area (Å²) in [5.41, 5.74) is 2.30. The minimum atomic E-state index is 0.183. The number of nitrogens with zero attached hydrogens (tertiary/aromatic N) is 1. The number of likely N-dealkylation sites (N-methyl/N-ethyl adjacent to an activating group) is 1. The van der Waals surface area contributed by atoms with Crippen LogP contribution in [0.1, 0.15) is 6.42 Å². The van der Waals surface area contributed by atoms with Crippen LogP contribution >= 0.6 is 11.8 Å². The standard InChI is InChI=1S/C17H18N2OS/c1-18-10-12-9-13(20)7-8-16(12)21-17-11-19(2)15-6-4-3-5-14(15)17/h3-6,8-9,11,18H,7,10H2,1-2H3. The van der Waals surface area contributed by atoms with E-state index in [0.29, 0.717) is 6.42 Å². The average Bonchev–Trinajstić information content (AvgIpc) is 2.79. The fourth-order valence-corrected chi connectivity index (χ4v) is 3.75. The summed E-state index contributed by atoms with van der Waals surface area (Å²) in [5, 5.41) is 4.39. The quantitative estimate of drug-likeness (QED) is 0.940. The van der Waals surface area contributed by atoms with Gasteiger partial charge < -0.3 is 9.88 Å². The van der Waals surface area contributed by atoms with Crippen molar-refractivity contribution in [3.63, 3.8) is 0 Å². The van der Waals surface area contributed by atoms with Crippen molar-refractivity contribution < 1.29 is 4.79 Å². The number of benzene rings is 1. The van der Waals surface area contributed by atoms with Crippen LogP contribution in [-0.4, -0.2) is 23.9 Å². The van der Waals surface area contributed by atoms with E-state index in [-0.39, 0.29) is 5.78 Å². The molecule has 3 nitrogen and oxygen atoms in total. The first-order valence-electron chi connectivity index (χ1n) is 6.99. The molecule has 4 heteroatoms. The Hall–Kier alpha value is -1.78. The molecule has 0 amide bonds. The Morgan fingerprint density at radius 2 is 2.14 bits per heavy atom. The summed E-state index contributed by atoms with van der Waals surface area (Å²) < 4.78 is 2.15. The molecule has 2 aromatic rings. The molecule has 0 saturated carbocycles. The van der Waals surface area contributed by atoms with Crippen molar-refractivity contribution in [3.05, 3.63) is 53.1 Å². The van der Waals surface area contributed by atoms with E-state index in [1.54, 1.807) is 17.8 Å². The number of thioether (sulfide) groups is 1. The topological polar surface area (TPSA) is 34.0 Å². The zero-order chi connectivity index (χ0) is 14.8. The lowest BCUT2D eigenvalue weighted by Crippen LogP contribution is -2.14. The first kappa shape index (κ1) is 14.2. The van der Waals surface area contributed by atoms with Gasteiger partial charge in [-0.15, -0.1) is 0 Å². The number of hydrogen-bond acceptors (Lipinski definition) is 3. The fraction of sp³-hybridized carbons (Fsp3) is 0.235. The Bertz CT molecular complexity index is 755. The maximum absolute atomic E-state index is 11.6. The highest BCUT2D eigenvalue weighted by molar-refractivity contribution is 8.03. The highest BCUT2D eigenvalue weighted by atomic mass is 32.2. The number of hydrogen-bond donors (Lipinski definition) is 1. The normalized spacial score (nSPS) is 15.2. The second-order valence-electron chi connectivity index (χ2n) is 5.16. The van der Waals surface area contributed by atoms with Crippen molar-refractivity contribution in [2.45, 2.75) is 11.3 Å². The fourth-order valence-electron chi connectivity index (χ4n) is 2.59. The lowest BCUT2D eigenvalue weighted by Gasteiger charge is -2.14. The van der Waals surface area contributed by atoms with Crippen LogP contribution in [0.15, 0.2) is 58.0 Å². The molecule has 0 atom stereocenters. The molecule has 0 radical (unpaired) electrons. The molecule has 0 bridgehead atoms. The second kappa shape index (κ2) is 5.92. The lowest BCUT2D eigenvalue weighted by molar-refractivity contribution is -0.113. The highest BCUT2D eigenvalue weighted by Crippen LogP contribution is 2.38. The minimum absolute atomic E-state index is 0.183. The van der Waals surface area contributed by atoms with Crippen molar-refractivity contribution in [1.29, 1.82) is 0 Å². The molecule has 0 spiro atoms. The Kier molecular flexibility index (Phi) is 3.99. The van der Waals surface area contributed by atoms with E-state index in [9.17, 15) is 4.79 Å². The van der Waals surface area contributed by atoms with Gasteiger partial charge in [0.05, 0.1) is 0 Å². The second-order valence-corrected chi connectivity index (χ2v) is 6.25. The highest BCUT2D eigenvalue weighted by Gasteiger charge is 2.16. The molecule has 1 N–H and O–H groups in total. The van der Waals surface area contributed by atoms with Gasteiger partial charge in [0.25, 0.3) is 0 Å². The molecule has 21 heavy (non-hydrogen) atoms. The number of ketones is 1. The van der Waals surface area contributed by atoms with E-state index in [1.165, 1.54) is 20.7 Å². The van der Waals surface area contributed by atoms with Crippen molar-refractivity contribution in [2.24, 2.45) is 7.05 Å². The largest absolute Gasteiger partial charge is 0.349 e. The maximum atomic E-state index is 11.6. The van der Waals surface area contributed by atoms with E-state index in [2.05, 4.69) is 47.4 Å². The van der Waals surface area contributed by atoms with E-state index < -0.39 is 0 Å². The van der Waals surface area contributed by atoms with E-state index >= 15 is 0 Å². The molecule has 0 aliphatic heterocycles. The minimum Gasteiger partial charge on any atom is -0.349 e. The Balaban J connectivity index is 1.95. The van der Waals surface area contributed by atoms with E-state index in [0.717, 1.165) is 12.1 Å². The van der Waals surface area contributed by atoms with Gasteiger partial charge in [-0.2, -0.15) is 0 Å². The van der Waals surface area contributed by atoms with Crippen LogP contribution in [0.2, 0.25) is 0 Å². The Labute approximate surface area is 128 Å². The summed E-state index contributed by atoms with van der Waals surface area (Å²) in [6.45, 7) is 0.718. The Morgan fingerprint density at radius 3 is 2.95 bits per heavy atom. The van der Waals surface area contributed by atoms with Gasteiger partial charge in [0.1, 0.15) is 0 Å². The van der Waals surface area contributed by atoms with Crippen LogP contribution in [0, 0.1) is 0 Å². The zero-order valence-corrected chi connectivity index (χ0v) is 13.0. The summed E-state index contributed by atoms with van der Waals surface area (Å²) >= 11 is 1.74. The number of carbonyl (C=O) groups is 1. The molecule has 0 saturated heterocycles. The average molecular weight is 298 g/mol. The molecular weight excluding hydrogens is 280 g/mol. The molecule has 1 aliphatic rings. The van der Waals surface area contributed by atoms with Crippen LogP contribution in [-0.2, 0) is 11.8 Å². The van der Waals surface area contributed by atoms with Gasteiger partial charge in [-0.05, 0) is 24.8 Å². The molecule has 0 fully saturated rings. The van der Waals surface area contributed by atoms with Crippen molar-refractivity contribution >= 4 is 28.4 Å². The Morgan fingerprint density at radius 1 is 1.33 bits per heavy atom. The lowest BCUT2D eigenvalue weighted by atomic mass is 10.1. The number of aryl methyl sites for hydroxylation is 1. The van der Waals surface area contributed by atoms with Gasteiger partial charge in [-0.3, -0.25) is 4.79 Å². The molecule has 108 valence electrons. The monoisotopic (exact) mass is 298 g/mol. The maximum Gasteiger partial charge on any atom is 0.159 e. The summed E-state index contributed by atoms with van der Waals surface area (Å²) in [6.07, 6.45) is 6.47. The molecule has 1 aromatic heterocycles. The molecule has 1 aromatic carbocycles. The van der Waals surface area contributed by atoms with Crippen LogP contribution in [0.5, 0.6) is 0 Å². The van der Waals surface area contributed by atoms with Crippen LogP contribution in [0.4, 0.5) is 0 Å². The summed E-state index contributed by atoms with van der Waals surface area (Å²) in [6, 6.07) is 8.40. The van der Waals surface area contributed by atoms with Gasteiger partial charge in [0.15, 0.2) is 5.78 Å². The molecule has 3 rings (SSSR count). The van der Waals surface area contributed by atoms with Crippen molar-refractivity contribution in [2.75, 3.05) is 13.6 Å². The predicted octanol–water partition coefficient (Wildman–Crippen LogP) is 3.27. The van der Waals surface area contributed by atoms with E-state index in [1.807, 2.05) is 13.1 Å². The number of fused-ring (bicyclic) bond motifs is 1. The smallest absolute Gasteiger partial charge is 0.159 e. The number of allylic oxidation sites excluding steroid dienone is 2. The molecular formula is C17H18N2OS. The summed E-state index contributed by atoms with van der Waals surface area (Å²) in [4.78, 5) is 14.0. The third kappa shape index (κ3) is 2.82. The number of para-hydroxylation sites is 1. The number of rotatable bonds is 4. The van der Waals surface area contributed by atoms with Gasteiger partial charge >= 0.3 is 0 Å². The van der Waals surface area contributed by atoms with Gasteiger partial charge in [-0.1, -0.05) is 36.0 Å². The molecule has 1 aliphatic carbocycles. The van der Waals surface area contributed by atoms with Gasteiger partial charge in [-0.25, -0.2) is 0 Å². The van der Waals surface area contributed by atoms with Crippen LogP contribution < -0.4 is 5.32 Å².